The highest BCUT2D eigenvalue weighted by Crippen LogP contribution is 2.18. The Hall–Kier alpha value is -1.56. The fourth-order valence-corrected chi connectivity index (χ4v) is 1.92. The molecule has 0 aliphatic carbocycles. The van der Waals surface area contributed by atoms with E-state index < -0.39 is 0 Å². The highest BCUT2D eigenvalue weighted by Gasteiger charge is 2.25. The third-order valence-corrected chi connectivity index (χ3v) is 2.96. The summed E-state index contributed by atoms with van der Waals surface area (Å²) >= 11 is 1.36. The fraction of sp³-hybridized carbons (Fsp3) is 0.300. The van der Waals surface area contributed by atoms with Crippen molar-refractivity contribution >= 4 is 29.1 Å². The Morgan fingerprint density at radius 1 is 1.56 bits per heavy atom. The first-order valence-electron chi connectivity index (χ1n) is 4.80. The molecule has 1 aliphatic rings. The van der Waals surface area contributed by atoms with Gasteiger partial charge in [0.15, 0.2) is 5.17 Å². The smallest absolute Gasteiger partial charge is 0.239 e. The molecule has 1 saturated heterocycles. The number of nitrogens with zero attached hydrogens (tertiary/aromatic N) is 2. The van der Waals surface area contributed by atoms with Crippen LogP contribution in [0.25, 0.3) is 0 Å². The number of carbonyl (C=O) groups is 1. The van der Waals surface area contributed by atoms with Crippen molar-refractivity contribution in [2.75, 3.05) is 0 Å². The number of amides is 1. The van der Waals surface area contributed by atoms with Crippen molar-refractivity contribution in [2.45, 2.75) is 19.1 Å². The minimum atomic E-state index is -0.0974. The predicted octanol–water partition coefficient (Wildman–Crippen LogP) is 1.53. The molecule has 1 aromatic rings. The van der Waals surface area contributed by atoms with Crippen LogP contribution < -0.4 is 5.32 Å². The third kappa shape index (κ3) is 2.52. The molecule has 0 bridgehead atoms. The average molecular weight is 237 g/mol. The van der Waals surface area contributed by atoms with Crippen LogP contribution in [0.15, 0.2) is 26.8 Å². The molecule has 1 N–H and O–H groups in total. The van der Waals surface area contributed by atoms with Gasteiger partial charge in [0.25, 0.3) is 0 Å². The second kappa shape index (κ2) is 4.52. The molecule has 6 heteroatoms. The number of thioether (sulfide) groups is 1. The molecule has 0 unspecified atom stereocenters. The lowest BCUT2D eigenvalue weighted by Crippen LogP contribution is -2.23. The van der Waals surface area contributed by atoms with E-state index in [0.29, 0.717) is 10.9 Å². The normalized spacial score (nSPS) is 23.2. The van der Waals surface area contributed by atoms with Crippen molar-refractivity contribution in [1.29, 1.82) is 0 Å². The van der Waals surface area contributed by atoms with Crippen LogP contribution in [0.5, 0.6) is 0 Å². The van der Waals surface area contributed by atoms with E-state index in [-0.39, 0.29) is 11.2 Å². The largest absolute Gasteiger partial charge is 0.460 e. The summed E-state index contributed by atoms with van der Waals surface area (Å²) < 4.78 is 5.28. The van der Waals surface area contributed by atoms with Crippen LogP contribution in [-0.2, 0) is 4.79 Å². The van der Waals surface area contributed by atoms with Crippen molar-refractivity contribution in [3.05, 3.63) is 23.7 Å². The zero-order valence-electron chi connectivity index (χ0n) is 8.93. The van der Waals surface area contributed by atoms with E-state index in [0.717, 1.165) is 5.76 Å². The molecule has 1 atom stereocenters. The lowest BCUT2D eigenvalue weighted by Gasteiger charge is -1.88. The summed E-state index contributed by atoms with van der Waals surface area (Å²) in [7, 11) is 0. The predicted molar refractivity (Wildman–Crippen MR) is 63.7 cm³/mol. The van der Waals surface area contributed by atoms with Gasteiger partial charge in [-0.05, 0) is 26.0 Å². The van der Waals surface area contributed by atoms with Crippen LogP contribution in [0.3, 0.4) is 0 Å². The van der Waals surface area contributed by atoms with E-state index in [1.807, 2.05) is 26.0 Å². The molecule has 0 spiro atoms. The number of nitrogens with one attached hydrogen (secondary N) is 1. The SMILES string of the molecule is Cc1ccc(/C=N\N=C2\NC(=O)[C@@H](C)S2)o1. The summed E-state index contributed by atoms with van der Waals surface area (Å²) in [4.78, 5) is 11.1. The quantitative estimate of drug-likeness (QED) is 0.626. The van der Waals surface area contributed by atoms with Crippen molar-refractivity contribution in [1.82, 2.24) is 5.32 Å². The number of aryl methyl sites for hydroxylation is 1. The maximum Gasteiger partial charge on any atom is 0.239 e. The Morgan fingerprint density at radius 2 is 2.38 bits per heavy atom. The molecule has 1 fully saturated rings. The van der Waals surface area contributed by atoms with E-state index in [4.69, 9.17) is 4.42 Å². The van der Waals surface area contributed by atoms with Crippen LogP contribution in [0, 0.1) is 6.92 Å². The highest BCUT2D eigenvalue weighted by atomic mass is 32.2. The summed E-state index contributed by atoms with van der Waals surface area (Å²) in [6, 6.07) is 3.66. The molecule has 0 radical (unpaired) electrons. The minimum absolute atomic E-state index is 0.0345. The van der Waals surface area contributed by atoms with Gasteiger partial charge < -0.3 is 9.73 Å². The van der Waals surface area contributed by atoms with Crippen molar-refractivity contribution < 1.29 is 9.21 Å². The van der Waals surface area contributed by atoms with E-state index in [1.54, 1.807) is 0 Å². The number of furan rings is 1. The second-order valence-electron chi connectivity index (χ2n) is 3.35. The van der Waals surface area contributed by atoms with Gasteiger partial charge in [0, 0.05) is 0 Å². The van der Waals surface area contributed by atoms with Gasteiger partial charge in [-0.25, -0.2) is 0 Å². The Bertz CT molecular complexity index is 464. The molecule has 2 heterocycles. The lowest BCUT2D eigenvalue weighted by atomic mass is 10.4. The molecule has 1 aromatic heterocycles. The first kappa shape index (κ1) is 10.9. The lowest BCUT2D eigenvalue weighted by molar-refractivity contribution is -0.118. The van der Waals surface area contributed by atoms with Gasteiger partial charge in [0.1, 0.15) is 11.5 Å². The molecule has 1 amide bonds. The van der Waals surface area contributed by atoms with E-state index in [9.17, 15) is 4.79 Å². The van der Waals surface area contributed by atoms with Crippen LogP contribution in [0.4, 0.5) is 0 Å². The minimum Gasteiger partial charge on any atom is -0.460 e. The van der Waals surface area contributed by atoms with Gasteiger partial charge in [0.2, 0.25) is 5.91 Å². The van der Waals surface area contributed by atoms with Crippen LogP contribution in [0.1, 0.15) is 18.4 Å². The number of hydrogen-bond donors (Lipinski definition) is 1. The first-order valence-corrected chi connectivity index (χ1v) is 5.68. The third-order valence-electron chi connectivity index (χ3n) is 1.98. The number of hydrogen-bond acceptors (Lipinski definition) is 5. The Morgan fingerprint density at radius 3 is 2.94 bits per heavy atom. The van der Waals surface area contributed by atoms with Gasteiger partial charge in [-0.15, -0.1) is 5.10 Å². The Labute approximate surface area is 97.0 Å². The van der Waals surface area contributed by atoms with Crippen LogP contribution >= 0.6 is 11.8 Å². The standard InChI is InChI=1S/C10H11N3O2S/c1-6-3-4-8(15-6)5-11-13-10-12-9(14)7(2)16-10/h3-5,7H,1-2H3,(H,12,13,14)/b11-5-/t7-/m1/s1. The van der Waals surface area contributed by atoms with Gasteiger partial charge in [-0.1, -0.05) is 11.8 Å². The van der Waals surface area contributed by atoms with Crippen molar-refractivity contribution in [3.8, 4) is 0 Å². The van der Waals surface area contributed by atoms with Gasteiger partial charge in [-0.3, -0.25) is 4.79 Å². The highest BCUT2D eigenvalue weighted by molar-refractivity contribution is 8.15. The van der Waals surface area contributed by atoms with Crippen LogP contribution in [0.2, 0.25) is 0 Å². The van der Waals surface area contributed by atoms with Gasteiger partial charge in [0.05, 0.1) is 11.5 Å². The van der Waals surface area contributed by atoms with E-state index >= 15 is 0 Å². The van der Waals surface area contributed by atoms with Crippen molar-refractivity contribution in [2.24, 2.45) is 10.2 Å². The zero-order valence-corrected chi connectivity index (χ0v) is 9.75. The molecule has 84 valence electrons. The Kier molecular flexibility index (Phi) is 3.09. The monoisotopic (exact) mass is 237 g/mol. The molecule has 5 nitrogen and oxygen atoms in total. The summed E-state index contributed by atoms with van der Waals surface area (Å²) in [6.07, 6.45) is 1.51. The Balaban J connectivity index is 1.99. The first-order chi connectivity index (χ1) is 7.65. The van der Waals surface area contributed by atoms with Crippen molar-refractivity contribution in [3.63, 3.8) is 0 Å². The topological polar surface area (TPSA) is 67.0 Å². The summed E-state index contributed by atoms with van der Waals surface area (Å²) in [5.74, 6) is 1.43. The van der Waals surface area contributed by atoms with Gasteiger partial charge >= 0.3 is 0 Å². The van der Waals surface area contributed by atoms with E-state index in [2.05, 4.69) is 15.5 Å². The molecule has 0 saturated carbocycles. The molecule has 16 heavy (non-hydrogen) atoms. The van der Waals surface area contributed by atoms with Gasteiger partial charge in [-0.2, -0.15) is 5.10 Å². The summed E-state index contributed by atoms with van der Waals surface area (Å²) in [6.45, 7) is 3.68. The number of rotatable bonds is 2. The maximum absolute atomic E-state index is 11.1. The zero-order chi connectivity index (χ0) is 11.5. The molecular formula is C10H11N3O2S. The maximum atomic E-state index is 11.1. The van der Waals surface area contributed by atoms with E-state index in [1.165, 1.54) is 18.0 Å². The number of carbonyl (C=O) groups excluding carboxylic acids is 1. The average Bonchev–Trinajstić information content (AvgIpc) is 2.75. The molecule has 1 aliphatic heterocycles. The van der Waals surface area contributed by atoms with Crippen LogP contribution in [-0.4, -0.2) is 22.5 Å². The number of amidine groups is 1. The molecular weight excluding hydrogens is 226 g/mol. The second-order valence-corrected chi connectivity index (χ2v) is 4.68. The summed E-state index contributed by atoms with van der Waals surface area (Å²) in [5, 5.41) is 10.8. The summed E-state index contributed by atoms with van der Waals surface area (Å²) in [5.41, 5.74) is 0. The molecule has 2 rings (SSSR count). The molecule has 0 aromatic carbocycles. The fourth-order valence-electron chi connectivity index (χ4n) is 1.17.